The van der Waals surface area contributed by atoms with Gasteiger partial charge in [-0.05, 0) is 35.2 Å². The summed E-state index contributed by atoms with van der Waals surface area (Å²) in [6.45, 7) is 1.45. The average Bonchev–Trinajstić information content (AvgIpc) is 2.49. The largest absolute Gasteiger partial charge is 0.368 e. The molecule has 3 nitrogen and oxygen atoms in total. The monoisotopic (exact) mass is 284 g/mol. The van der Waals surface area contributed by atoms with Crippen molar-refractivity contribution in [2.24, 2.45) is 5.73 Å². The van der Waals surface area contributed by atoms with Gasteiger partial charge in [-0.2, -0.15) is 0 Å². The number of carbonyl (C=O) groups excluding carboxylic acids is 1. The quantitative estimate of drug-likeness (QED) is 0.941. The van der Waals surface area contributed by atoms with Gasteiger partial charge in [0.05, 0.1) is 0 Å². The lowest BCUT2D eigenvalue weighted by Crippen LogP contribution is -2.40. The smallest absolute Gasteiger partial charge is 0.239 e. The van der Waals surface area contributed by atoms with Crippen LogP contribution in [-0.4, -0.2) is 17.4 Å². The molecule has 1 heterocycles. The topological polar surface area (TPSA) is 46.3 Å². The molecule has 2 N–H and O–H groups in total. The van der Waals surface area contributed by atoms with Crippen LogP contribution in [0.3, 0.4) is 0 Å². The Morgan fingerprint density at radius 3 is 2.43 bits per heavy atom. The fraction of sp³-hybridized carbons (Fsp3) is 0.235. The highest BCUT2D eigenvalue weighted by Gasteiger charge is 2.28. The number of primary amides is 1. The van der Waals surface area contributed by atoms with Gasteiger partial charge in [-0.15, -0.1) is 0 Å². The van der Waals surface area contributed by atoms with Crippen molar-refractivity contribution in [3.63, 3.8) is 0 Å². The first-order valence-corrected chi connectivity index (χ1v) is 7.01. The van der Waals surface area contributed by atoms with Gasteiger partial charge in [0.25, 0.3) is 0 Å². The summed E-state index contributed by atoms with van der Waals surface area (Å²) >= 11 is 0. The maximum atomic E-state index is 13.1. The van der Waals surface area contributed by atoms with E-state index in [9.17, 15) is 9.18 Å². The third-order valence-electron chi connectivity index (χ3n) is 3.98. The van der Waals surface area contributed by atoms with Gasteiger partial charge in [-0.1, -0.05) is 36.4 Å². The number of fused-ring (bicyclic) bond motifs is 1. The summed E-state index contributed by atoms with van der Waals surface area (Å²) in [6.07, 6.45) is 0.890. The molecule has 3 rings (SSSR count). The van der Waals surface area contributed by atoms with Crippen LogP contribution in [0.15, 0.2) is 48.5 Å². The van der Waals surface area contributed by atoms with Crippen LogP contribution in [0.2, 0.25) is 0 Å². The Balaban J connectivity index is 1.89. The molecule has 0 fully saturated rings. The van der Waals surface area contributed by atoms with Crippen LogP contribution in [-0.2, 0) is 17.8 Å². The van der Waals surface area contributed by atoms with Gasteiger partial charge in [0.2, 0.25) is 5.91 Å². The number of amides is 1. The molecule has 108 valence electrons. The van der Waals surface area contributed by atoms with Gasteiger partial charge in [-0.3, -0.25) is 9.69 Å². The molecule has 0 radical (unpaired) electrons. The molecular formula is C17H17FN2O. The van der Waals surface area contributed by atoms with E-state index in [1.54, 1.807) is 12.1 Å². The second-order valence-corrected chi connectivity index (χ2v) is 5.35. The molecule has 2 aromatic carbocycles. The van der Waals surface area contributed by atoms with Crippen molar-refractivity contribution in [3.05, 3.63) is 71.0 Å². The van der Waals surface area contributed by atoms with Crippen molar-refractivity contribution in [3.8, 4) is 0 Å². The standard InChI is InChI=1S/C17H17FN2O/c18-15-7-5-13(6-8-15)16(17(19)21)20-10-9-12-3-1-2-4-14(12)11-20/h1-8,16H,9-11H2,(H2,19,21)/t16-/m1/s1. The highest BCUT2D eigenvalue weighted by Crippen LogP contribution is 2.27. The minimum Gasteiger partial charge on any atom is -0.368 e. The molecule has 0 aliphatic carbocycles. The summed E-state index contributed by atoms with van der Waals surface area (Å²) in [5.41, 5.74) is 8.86. The van der Waals surface area contributed by atoms with E-state index in [1.807, 2.05) is 12.1 Å². The molecule has 0 aromatic heterocycles. The minimum absolute atomic E-state index is 0.314. The normalized spacial score (nSPS) is 16.2. The fourth-order valence-electron chi connectivity index (χ4n) is 2.94. The number of benzene rings is 2. The van der Waals surface area contributed by atoms with Crippen molar-refractivity contribution in [1.82, 2.24) is 4.90 Å². The summed E-state index contributed by atoms with van der Waals surface area (Å²) in [5, 5.41) is 0. The highest BCUT2D eigenvalue weighted by molar-refractivity contribution is 5.81. The van der Waals surface area contributed by atoms with Crippen LogP contribution in [0.1, 0.15) is 22.7 Å². The molecule has 1 amide bonds. The van der Waals surface area contributed by atoms with Gasteiger partial charge in [0, 0.05) is 13.1 Å². The zero-order chi connectivity index (χ0) is 14.8. The second-order valence-electron chi connectivity index (χ2n) is 5.35. The molecule has 0 saturated heterocycles. The average molecular weight is 284 g/mol. The molecule has 1 aliphatic rings. The molecule has 0 spiro atoms. The number of hydrogen-bond donors (Lipinski definition) is 1. The summed E-state index contributed by atoms with van der Waals surface area (Å²) in [4.78, 5) is 13.9. The maximum absolute atomic E-state index is 13.1. The SMILES string of the molecule is NC(=O)[C@@H](c1ccc(F)cc1)N1CCc2ccccc2C1. The van der Waals surface area contributed by atoms with E-state index in [2.05, 4.69) is 17.0 Å². The van der Waals surface area contributed by atoms with Crippen LogP contribution in [0.4, 0.5) is 4.39 Å². The van der Waals surface area contributed by atoms with E-state index in [4.69, 9.17) is 5.73 Å². The predicted molar refractivity (Wildman–Crippen MR) is 78.9 cm³/mol. The molecule has 21 heavy (non-hydrogen) atoms. The van der Waals surface area contributed by atoms with Gasteiger partial charge in [-0.25, -0.2) is 4.39 Å². The van der Waals surface area contributed by atoms with E-state index >= 15 is 0 Å². The Labute approximate surface area is 123 Å². The number of carbonyl (C=O) groups is 1. The van der Waals surface area contributed by atoms with Gasteiger partial charge in [0.15, 0.2) is 0 Å². The minimum atomic E-state index is -0.515. The molecule has 0 unspecified atom stereocenters. The first-order valence-electron chi connectivity index (χ1n) is 7.01. The summed E-state index contributed by atoms with van der Waals surface area (Å²) in [6, 6.07) is 13.7. The third-order valence-corrected chi connectivity index (χ3v) is 3.98. The first-order chi connectivity index (χ1) is 10.1. The maximum Gasteiger partial charge on any atom is 0.239 e. The molecule has 0 bridgehead atoms. The van der Waals surface area contributed by atoms with Gasteiger partial charge in [0.1, 0.15) is 11.9 Å². The van der Waals surface area contributed by atoms with Crippen molar-refractivity contribution in [1.29, 1.82) is 0 Å². The summed E-state index contributed by atoms with van der Waals surface area (Å²) in [5.74, 6) is -0.716. The molecular weight excluding hydrogens is 267 g/mol. The lowest BCUT2D eigenvalue weighted by atomic mass is 9.96. The van der Waals surface area contributed by atoms with Crippen LogP contribution < -0.4 is 5.73 Å². The number of rotatable bonds is 3. The van der Waals surface area contributed by atoms with Crippen molar-refractivity contribution < 1.29 is 9.18 Å². The fourth-order valence-corrected chi connectivity index (χ4v) is 2.94. The molecule has 1 aliphatic heterocycles. The van der Waals surface area contributed by atoms with Crippen LogP contribution in [0.25, 0.3) is 0 Å². The van der Waals surface area contributed by atoms with E-state index in [-0.39, 0.29) is 5.82 Å². The van der Waals surface area contributed by atoms with E-state index in [1.165, 1.54) is 23.3 Å². The second kappa shape index (κ2) is 5.66. The zero-order valence-corrected chi connectivity index (χ0v) is 11.6. The predicted octanol–water partition coefficient (Wildman–Crippen LogP) is 2.41. The molecule has 2 aromatic rings. The van der Waals surface area contributed by atoms with Gasteiger partial charge >= 0.3 is 0 Å². The van der Waals surface area contributed by atoms with Crippen LogP contribution in [0.5, 0.6) is 0 Å². The Bertz CT molecular complexity index is 654. The lowest BCUT2D eigenvalue weighted by Gasteiger charge is -2.34. The third kappa shape index (κ3) is 2.81. The number of nitrogens with zero attached hydrogens (tertiary/aromatic N) is 1. The Hall–Kier alpha value is -2.20. The Kier molecular flexibility index (Phi) is 3.71. The lowest BCUT2D eigenvalue weighted by molar-refractivity contribution is -0.123. The van der Waals surface area contributed by atoms with Crippen molar-refractivity contribution in [2.75, 3.05) is 6.54 Å². The zero-order valence-electron chi connectivity index (χ0n) is 11.6. The van der Waals surface area contributed by atoms with E-state index < -0.39 is 11.9 Å². The number of nitrogens with two attached hydrogens (primary N) is 1. The van der Waals surface area contributed by atoms with Gasteiger partial charge < -0.3 is 5.73 Å². The van der Waals surface area contributed by atoms with E-state index in [0.717, 1.165) is 18.5 Å². The number of hydrogen-bond acceptors (Lipinski definition) is 2. The summed E-state index contributed by atoms with van der Waals surface area (Å²) in [7, 11) is 0. The number of halogens is 1. The van der Waals surface area contributed by atoms with Crippen LogP contribution in [0, 0.1) is 5.82 Å². The highest BCUT2D eigenvalue weighted by atomic mass is 19.1. The Morgan fingerprint density at radius 2 is 1.76 bits per heavy atom. The van der Waals surface area contributed by atoms with Crippen molar-refractivity contribution >= 4 is 5.91 Å². The molecule has 0 saturated carbocycles. The van der Waals surface area contributed by atoms with E-state index in [0.29, 0.717) is 6.54 Å². The van der Waals surface area contributed by atoms with Crippen LogP contribution >= 0.6 is 0 Å². The summed E-state index contributed by atoms with van der Waals surface area (Å²) < 4.78 is 13.1. The Morgan fingerprint density at radius 1 is 1.10 bits per heavy atom. The molecule has 4 heteroatoms. The first kappa shape index (κ1) is 13.8. The molecule has 1 atom stereocenters. The van der Waals surface area contributed by atoms with Crippen molar-refractivity contribution in [2.45, 2.75) is 19.0 Å².